The van der Waals surface area contributed by atoms with Crippen LogP contribution in [0, 0.1) is 11.6 Å². The maximum absolute atomic E-state index is 13.5. The van der Waals surface area contributed by atoms with E-state index in [9.17, 15) is 13.6 Å². The molecule has 0 spiro atoms. The highest BCUT2D eigenvalue weighted by atomic mass is 19.1. The zero-order valence-electron chi connectivity index (χ0n) is 9.68. The topological polar surface area (TPSA) is 53.8 Å². The SMILES string of the molecule is O=CNc1c(F)cc(N=Nc2ccccc2)cc1F. The van der Waals surface area contributed by atoms with Gasteiger partial charge in [-0.05, 0) is 12.1 Å². The van der Waals surface area contributed by atoms with Crippen LogP contribution >= 0.6 is 0 Å². The van der Waals surface area contributed by atoms with Gasteiger partial charge in [0, 0.05) is 12.1 Å². The number of amides is 1. The number of azo groups is 1. The molecule has 0 radical (unpaired) electrons. The highest BCUT2D eigenvalue weighted by molar-refractivity contribution is 5.72. The molecule has 4 nitrogen and oxygen atoms in total. The molecule has 2 rings (SSSR count). The summed E-state index contributed by atoms with van der Waals surface area (Å²) in [7, 11) is 0. The standard InChI is InChI=1S/C13H9F2N3O/c14-11-6-10(7-12(15)13(11)16-8-19)18-17-9-4-2-1-3-5-9/h1-8H,(H,16,19). The number of hydrogen-bond donors (Lipinski definition) is 1. The molecular weight excluding hydrogens is 252 g/mol. The molecule has 0 aliphatic heterocycles. The second-order valence-corrected chi connectivity index (χ2v) is 3.58. The number of rotatable bonds is 4. The first-order chi connectivity index (χ1) is 9.20. The van der Waals surface area contributed by atoms with Crippen LogP contribution in [0.1, 0.15) is 0 Å². The molecule has 0 saturated carbocycles. The Morgan fingerprint density at radius 3 is 2.11 bits per heavy atom. The number of nitrogens with one attached hydrogen (secondary N) is 1. The quantitative estimate of drug-likeness (QED) is 0.657. The van der Waals surface area contributed by atoms with Crippen LogP contribution in [0.15, 0.2) is 52.7 Å². The number of hydrogen-bond acceptors (Lipinski definition) is 3. The van der Waals surface area contributed by atoms with Gasteiger partial charge in [0.05, 0.1) is 11.4 Å². The zero-order valence-corrected chi connectivity index (χ0v) is 9.68. The predicted octanol–water partition coefficient (Wildman–Crippen LogP) is 3.95. The third-order valence-electron chi connectivity index (χ3n) is 2.27. The second kappa shape index (κ2) is 5.81. The monoisotopic (exact) mass is 261 g/mol. The molecule has 19 heavy (non-hydrogen) atoms. The van der Waals surface area contributed by atoms with Crippen LogP contribution in [0.4, 0.5) is 25.8 Å². The first kappa shape index (κ1) is 12.8. The van der Waals surface area contributed by atoms with Crippen molar-refractivity contribution in [3.63, 3.8) is 0 Å². The summed E-state index contributed by atoms with van der Waals surface area (Å²) in [5.74, 6) is -1.82. The van der Waals surface area contributed by atoms with E-state index >= 15 is 0 Å². The van der Waals surface area contributed by atoms with Crippen LogP contribution in [-0.2, 0) is 4.79 Å². The summed E-state index contributed by atoms with van der Waals surface area (Å²) >= 11 is 0. The Labute approximate surface area is 107 Å². The van der Waals surface area contributed by atoms with Gasteiger partial charge in [0.2, 0.25) is 6.41 Å². The fourth-order valence-electron chi connectivity index (χ4n) is 1.42. The Morgan fingerprint density at radius 2 is 1.53 bits per heavy atom. The lowest BCUT2D eigenvalue weighted by atomic mass is 10.2. The van der Waals surface area contributed by atoms with E-state index in [-0.39, 0.29) is 12.1 Å². The van der Waals surface area contributed by atoms with Gasteiger partial charge in [0.15, 0.2) is 11.6 Å². The van der Waals surface area contributed by atoms with Gasteiger partial charge in [-0.15, -0.1) is 0 Å². The summed E-state index contributed by atoms with van der Waals surface area (Å²) < 4.78 is 26.9. The van der Waals surface area contributed by atoms with Gasteiger partial charge in [-0.25, -0.2) is 8.78 Å². The first-order valence-corrected chi connectivity index (χ1v) is 5.36. The van der Waals surface area contributed by atoms with E-state index in [4.69, 9.17) is 0 Å². The number of carbonyl (C=O) groups is 1. The first-order valence-electron chi connectivity index (χ1n) is 5.36. The molecule has 0 unspecified atom stereocenters. The number of carbonyl (C=O) groups excluding carboxylic acids is 1. The highest BCUT2D eigenvalue weighted by Crippen LogP contribution is 2.26. The van der Waals surface area contributed by atoms with E-state index in [1.807, 2.05) is 11.4 Å². The fraction of sp³-hybridized carbons (Fsp3) is 0. The zero-order chi connectivity index (χ0) is 13.7. The van der Waals surface area contributed by atoms with Crippen molar-refractivity contribution in [1.82, 2.24) is 0 Å². The Kier molecular flexibility index (Phi) is 3.92. The van der Waals surface area contributed by atoms with Crippen molar-refractivity contribution in [2.45, 2.75) is 0 Å². The molecule has 1 N–H and O–H groups in total. The third kappa shape index (κ3) is 3.19. The smallest absolute Gasteiger partial charge is 0.211 e. The minimum absolute atomic E-state index is 0.0234. The Balaban J connectivity index is 2.27. The summed E-state index contributed by atoms with van der Waals surface area (Å²) in [4.78, 5) is 10.2. The maximum Gasteiger partial charge on any atom is 0.211 e. The summed E-state index contributed by atoms with van der Waals surface area (Å²) in [6.45, 7) is 0. The lowest BCUT2D eigenvalue weighted by Gasteiger charge is -2.03. The number of benzene rings is 2. The molecule has 6 heteroatoms. The van der Waals surface area contributed by atoms with Gasteiger partial charge in [0.25, 0.3) is 0 Å². The fourth-order valence-corrected chi connectivity index (χ4v) is 1.42. The minimum atomic E-state index is -0.908. The lowest BCUT2D eigenvalue weighted by molar-refractivity contribution is -0.105. The highest BCUT2D eigenvalue weighted by Gasteiger charge is 2.10. The van der Waals surface area contributed by atoms with E-state index in [2.05, 4.69) is 10.2 Å². The van der Waals surface area contributed by atoms with Gasteiger partial charge in [-0.1, -0.05) is 18.2 Å². The molecule has 0 aliphatic rings. The van der Waals surface area contributed by atoms with Crippen molar-refractivity contribution in [2.75, 3.05) is 5.32 Å². The Bertz CT molecular complexity index is 592. The van der Waals surface area contributed by atoms with E-state index in [0.29, 0.717) is 5.69 Å². The minimum Gasteiger partial charge on any atom is -0.324 e. The molecule has 0 aliphatic carbocycles. The van der Waals surface area contributed by atoms with Gasteiger partial charge in [-0.2, -0.15) is 10.2 Å². The summed E-state index contributed by atoms with van der Waals surface area (Å²) in [6, 6.07) is 10.7. The molecule has 0 aromatic heterocycles. The molecule has 0 heterocycles. The number of halogens is 2. The van der Waals surface area contributed by atoms with Crippen molar-refractivity contribution >= 4 is 23.5 Å². The largest absolute Gasteiger partial charge is 0.324 e. The maximum atomic E-state index is 13.5. The summed E-state index contributed by atoms with van der Waals surface area (Å²) in [6.07, 6.45) is 0.201. The van der Waals surface area contributed by atoms with Crippen LogP contribution in [0.25, 0.3) is 0 Å². The molecule has 0 atom stereocenters. The molecule has 0 bridgehead atoms. The van der Waals surface area contributed by atoms with Crippen molar-refractivity contribution in [2.24, 2.45) is 10.2 Å². The van der Waals surface area contributed by atoms with Crippen molar-refractivity contribution in [1.29, 1.82) is 0 Å². The molecule has 2 aromatic carbocycles. The van der Waals surface area contributed by atoms with Gasteiger partial charge < -0.3 is 5.32 Å². The molecule has 1 amide bonds. The van der Waals surface area contributed by atoms with E-state index < -0.39 is 17.3 Å². The lowest BCUT2D eigenvalue weighted by Crippen LogP contribution is -1.99. The summed E-state index contributed by atoms with van der Waals surface area (Å²) in [5.41, 5.74) is 0.0855. The Hall–Kier alpha value is -2.63. The van der Waals surface area contributed by atoms with Crippen molar-refractivity contribution in [3.05, 3.63) is 54.1 Å². The van der Waals surface area contributed by atoms with Crippen LogP contribution in [0.5, 0.6) is 0 Å². The van der Waals surface area contributed by atoms with Crippen LogP contribution in [0.2, 0.25) is 0 Å². The molecule has 0 saturated heterocycles. The molecule has 2 aromatic rings. The van der Waals surface area contributed by atoms with Crippen molar-refractivity contribution < 1.29 is 13.6 Å². The van der Waals surface area contributed by atoms with Crippen LogP contribution < -0.4 is 5.32 Å². The van der Waals surface area contributed by atoms with Gasteiger partial charge >= 0.3 is 0 Å². The third-order valence-corrected chi connectivity index (χ3v) is 2.27. The van der Waals surface area contributed by atoms with E-state index in [1.165, 1.54) is 0 Å². The predicted molar refractivity (Wildman–Crippen MR) is 66.7 cm³/mol. The van der Waals surface area contributed by atoms with E-state index in [1.54, 1.807) is 24.3 Å². The average Bonchev–Trinajstić information content (AvgIpc) is 2.42. The normalized spacial score (nSPS) is 10.6. The molecule has 0 fully saturated rings. The van der Waals surface area contributed by atoms with E-state index in [0.717, 1.165) is 12.1 Å². The number of anilines is 1. The molecule has 96 valence electrons. The average molecular weight is 261 g/mol. The summed E-state index contributed by atoms with van der Waals surface area (Å²) in [5, 5.41) is 9.51. The Morgan fingerprint density at radius 1 is 0.947 bits per heavy atom. The second-order valence-electron chi connectivity index (χ2n) is 3.58. The van der Waals surface area contributed by atoms with Gasteiger partial charge in [0.1, 0.15) is 5.69 Å². The number of nitrogens with zero attached hydrogens (tertiary/aromatic N) is 2. The van der Waals surface area contributed by atoms with Crippen LogP contribution in [0.3, 0.4) is 0 Å². The van der Waals surface area contributed by atoms with Crippen molar-refractivity contribution in [3.8, 4) is 0 Å². The van der Waals surface area contributed by atoms with Gasteiger partial charge in [-0.3, -0.25) is 4.79 Å². The van der Waals surface area contributed by atoms with Crippen LogP contribution in [-0.4, -0.2) is 6.41 Å². The molecular formula is C13H9F2N3O.